The van der Waals surface area contributed by atoms with E-state index in [4.69, 9.17) is 11.6 Å². The van der Waals surface area contributed by atoms with Gasteiger partial charge in [0.25, 0.3) is 0 Å². The fourth-order valence-electron chi connectivity index (χ4n) is 15.5. The van der Waals surface area contributed by atoms with Gasteiger partial charge in [-0.2, -0.15) is 13.2 Å². The van der Waals surface area contributed by atoms with E-state index in [1.54, 1.807) is 11.8 Å². The number of aryl methyl sites for hydroxylation is 1. The predicted octanol–water partition coefficient (Wildman–Crippen LogP) is 5.64. The third-order valence-corrected chi connectivity index (χ3v) is 22.2. The Kier molecular flexibility index (Phi) is 28.0. The number of likely N-dealkylation sites (tertiary alicyclic amines) is 1. The monoisotopic (exact) mass is 1410 g/mol. The number of nitrogens with zero attached hydrogens (tertiary/aromatic N) is 9. The Morgan fingerprint density at radius 3 is 1.84 bits per heavy atom. The van der Waals surface area contributed by atoms with Gasteiger partial charge in [0, 0.05) is 69.0 Å². The first kappa shape index (κ1) is 79.3. The standard InChI is InChI=1S/C71H108ClF3N12O12/c1-12-45(4)60-67(97)81(7)42-58(90)79(5)43-59(91)83(9)54(39-46-23-14-13-15-24-46)65(95)80(6)41-56(88)76-51(31-29-47-28-30-49(50(72)38-47)71(73,74)75)64(94)87-36-22-27-52(87)63(93)78-70(32-18-19-33-70)69(99)85(11)61(48-25-16-17-26-48)68(98)84(10)55(66(96)86-34-20-21-35-86)40-57(89)82(8)53(37-44(2)3)62(92)77-60/h28,30,38,44-46,48,51-55,60-61H,12-27,29,31-37,39-43H2,1-11H3,(H,76,88)(H,77,92)(H,78,93)/t45-,51-,52-,53-,54-,55-,60-,61-/m0/s1. The molecule has 3 saturated carbocycles. The summed E-state index contributed by atoms with van der Waals surface area (Å²) >= 11 is 6.15. The number of amides is 12. The van der Waals surface area contributed by atoms with E-state index in [9.17, 15) is 46.7 Å². The molecule has 0 aromatic heterocycles. The van der Waals surface area contributed by atoms with Gasteiger partial charge in [-0.15, -0.1) is 0 Å². The number of likely N-dealkylation sites (N-methyl/N-ethyl adjacent to an activating group) is 7. The molecule has 1 aromatic carbocycles. The third-order valence-electron chi connectivity index (χ3n) is 21.9. The van der Waals surface area contributed by atoms with Crippen molar-refractivity contribution in [3.63, 3.8) is 0 Å². The molecule has 3 aliphatic heterocycles. The predicted molar refractivity (Wildman–Crippen MR) is 364 cm³/mol. The number of hydrogen-bond donors (Lipinski definition) is 3. The zero-order valence-electron chi connectivity index (χ0n) is 60.0. The Balaban J connectivity index is 1.28. The average Bonchev–Trinajstić information content (AvgIpc) is 1.73. The van der Waals surface area contributed by atoms with Crippen LogP contribution < -0.4 is 16.0 Å². The summed E-state index contributed by atoms with van der Waals surface area (Å²) in [6.07, 6.45) is 5.37. The number of carbonyl (C=O) groups is 12. The number of hydrogen-bond acceptors (Lipinski definition) is 12. The van der Waals surface area contributed by atoms with Gasteiger partial charge < -0.3 is 60.0 Å². The van der Waals surface area contributed by atoms with Gasteiger partial charge in [0.1, 0.15) is 47.8 Å². The first-order valence-electron chi connectivity index (χ1n) is 35.9. The summed E-state index contributed by atoms with van der Waals surface area (Å²) in [6.45, 7) is 6.45. The van der Waals surface area contributed by atoms with Crippen molar-refractivity contribution < 1.29 is 70.7 Å². The molecule has 0 bridgehead atoms. The van der Waals surface area contributed by atoms with Gasteiger partial charge in [-0.1, -0.05) is 110 Å². The highest BCUT2D eigenvalue weighted by Crippen LogP contribution is 2.39. The maximum absolute atomic E-state index is 15.6. The fourth-order valence-corrected chi connectivity index (χ4v) is 15.8. The molecule has 0 radical (unpaired) electrons. The van der Waals surface area contributed by atoms with Crippen LogP contribution in [0, 0.1) is 23.7 Å². The van der Waals surface area contributed by atoms with Crippen molar-refractivity contribution in [2.24, 2.45) is 23.7 Å². The number of halogens is 4. The molecule has 6 fully saturated rings. The van der Waals surface area contributed by atoms with Gasteiger partial charge in [-0.3, -0.25) is 57.5 Å². The highest BCUT2D eigenvalue weighted by molar-refractivity contribution is 6.31. The summed E-state index contributed by atoms with van der Waals surface area (Å²) in [6, 6.07) is -5.49. The molecule has 6 aliphatic rings. The highest BCUT2D eigenvalue weighted by Gasteiger charge is 2.52. The minimum atomic E-state index is -4.76. The van der Waals surface area contributed by atoms with E-state index >= 15 is 24.0 Å². The van der Waals surface area contributed by atoms with E-state index in [1.807, 2.05) is 20.8 Å². The first-order chi connectivity index (χ1) is 46.7. The fraction of sp³-hybridized carbons (Fsp3) is 0.746. The molecule has 28 heteroatoms. The van der Waals surface area contributed by atoms with Crippen molar-refractivity contribution in [1.29, 1.82) is 0 Å². The summed E-state index contributed by atoms with van der Waals surface area (Å²) in [5, 5.41) is 8.16. The highest BCUT2D eigenvalue weighted by atomic mass is 35.5. The van der Waals surface area contributed by atoms with Gasteiger partial charge in [0.05, 0.1) is 36.6 Å². The molecule has 12 amide bonds. The molecular weight excluding hydrogens is 1310 g/mol. The average molecular weight is 1410 g/mol. The molecule has 3 aliphatic carbocycles. The second-order valence-corrected chi connectivity index (χ2v) is 29.9. The van der Waals surface area contributed by atoms with E-state index in [1.165, 1.54) is 79.9 Å². The van der Waals surface area contributed by atoms with Gasteiger partial charge >= 0.3 is 6.18 Å². The lowest BCUT2D eigenvalue weighted by Crippen LogP contribution is -2.65. The zero-order valence-corrected chi connectivity index (χ0v) is 60.8. The van der Waals surface area contributed by atoms with Crippen molar-refractivity contribution in [3.8, 4) is 0 Å². The third kappa shape index (κ3) is 19.7. The minimum Gasteiger partial charge on any atom is -0.343 e. The minimum absolute atomic E-state index is 0.0205. The van der Waals surface area contributed by atoms with Crippen LogP contribution in [0.15, 0.2) is 18.2 Å². The summed E-state index contributed by atoms with van der Waals surface area (Å²) in [7, 11) is 9.98. The van der Waals surface area contributed by atoms with Crippen molar-refractivity contribution in [2.45, 2.75) is 229 Å². The number of rotatable bonds is 11. The van der Waals surface area contributed by atoms with E-state index < -0.39 is 167 Å². The number of benzene rings is 1. The number of carbonyl (C=O) groups excluding carboxylic acids is 12. The normalized spacial score (nSPS) is 26.8. The molecule has 8 atom stereocenters. The van der Waals surface area contributed by atoms with Crippen LogP contribution >= 0.6 is 11.6 Å². The molecule has 0 unspecified atom stereocenters. The van der Waals surface area contributed by atoms with Crippen LogP contribution in [-0.2, 0) is 70.1 Å². The van der Waals surface area contributed by atoms with Crippen molar-refractivity contribution in [2.75, 3.05) is 88.6 Å². The van der Waals surface area contributed by atoms with E-state index in [-0.39, 0.29) is 69.2 Å². The molecule has 24 nitrogen and oxygen atoms in total. The molecular formula is C71H108ClF3N12O12. The summed E-state index contributed by atoms with van der Waals surface area (Å²) in [5.41, 5.74) is -2.33. The molecule has 99 heavy (non-hydrogen) atoms. The van der Waals surface area contributed by atoms with Crippen LogP contribution in [0.4, 0.5) is 13.2 Å². The molecule has 1 spiro atoms. The zero-order chi connectivity index (χ0) is 73.0. The summed E-state index contributed by atoms with van der Waals surface area (Å²) in [4.78, 5) is 190. The van der Waals surface area contributed by atoms with Crippen molar-refractivity contribution in [3.05, 3.63) is 34.3 Å². The lowest BCUT2D eigenvalue weighted by atomic mass is 9.84. The first-order valence-corrected chi connectivity index (χ1v) is 36.2. The quantitative estimate of drug-likeness (QED) is 0.243. The van der Waals surface area contributed by atoms with Gasteiger partial charge in [0.2, 0.25) is 70.9 Å². The maximum Gasteiger partial charge on any atom is 0.417 e. The van der Waals surface area contributed by atoms with Gasteiger partial charge in [0.15, 0.2) is 0 Å². The molecule has 3 saturated heterocycles. The number of fused-ring (bicyclic) bond motifs is 1. The van der Waals surface area contributed by atoms with Crippen LogP contribution in [0.1, 0.15) is 180 Å². The van der Waals surface area contributed by atoms with Gasteiger partial charge in [-0.25, -0.2) is 0 Å². The second kappa shape index (κ2) is 35.0. The van der Waals surface area contributed by atoms with Crippen LogP contribution in [0.2, 0.25) is 5.02 Å². The second-order valence-electron chi connectivity index (χ2n) is 29.5. The van der Waals surface area contributed by atoms with Crippen LogP contribution in [-0.4, -0.2) is 251 Å². The number of alkyl halides is 3. The van der Waals surface area contributed by atoms with Crippen molar-refractivity contribution in [1.82, 2.24) is 60.0 Å². The van der Waals surface area contributed by atoms with Crippen molar-refractivity contribution >= 4 is 82.5 Å². The molecule has 3 N–H and O–H groups in total. The van der Waals surface area contributed by atoms with E-state index in [2.05, 4.69) is 16.0 Å². The van der Waals surface area contributed by atoms with E-state index in [0.29, 0.717) is 70.0 Å². The Morgan fingerprint density at radius 1 is 0.626 bits per heavy atom. The SMILES string of the molecule is CC[C@H](C)[C@@H]1NC(=O)[C@H](CC(C)C)N(C)C(=O)C[C@@H](C(=O)N2CCCC2)N(C)C(=O)[C@H](C2CCCC2)N(C)C(=O)C2(CCCC2)NC(=O)[C@@H]2CCCN2C(=O)[C@H](CCc2ccc(C(F)(F)F)c(Cl)c2)NC(=O)CN(C)C(=O)[C@H](CC2CCCCC2)N(C)C(=O)CN(C)C(=O)CN(C)C1=O. The Bertz CT molecular complexity index is 3100. The summed E-state index contributed by atoms with van der Waals surface area (Å²) in [5.74, 6) is -8.70. The summed E-state index contributed by atoms with van der Waals surface area (Å²) < 4.78 is 41.6. The smallest absolute Gasteiger partial charge is 0.343 e. The van der Waals surface area contributed by atoms with E-state index in [0.717, 1.165) is 71.8 Å². The van der Waals surface area contributed by atoms with Crippen LogP contribution in [0.5, 0.6) is 0 Å². The van der Waals surface area contributed by atoms with Gasteiger partial charge in [-0.05, 0) is 118 Å². The maximum atomic E-state index is 15.6. The lowest BCUT2D eigenvalue weighted by molar-refractivity contribution is -0.156. The molecule has 1 aromatic rings. The van der Waals surface area contributed by atoms with Crippen LogP contribution in [0.3, 0.4) is 0 Å². The Morgan fingerprint density at radius 2 is 1.23 bits per heavy atom. The van der Waals surface area contributed by atoms with Crippen LogP contribution in [0.25, 0.3) is 0 Å². The molecule has 3 heterocycles. The number of nitrogens with one attached hydrogen (secondary N) is 3. The largest absolute Gasteiger partial charge is 0.417 e. The lowest BCUT2D eigenvalue weighted by Gasteiger charge is -2.42. The topological polar surface area (TPSA) is 270 Å². The molecule has 7 rings (SSSR count). The molecule has 552 valence electrons. The Hall–Kier alpha value is -7.06. The Labute approximate surface area is 586 Å².